The Bertz CT molecular complexity index is 1370. The highest BCUT2D eigenvalue weighted by Crippen LogP contribution is 2.17. The van der Waals surface area contributed by atoms with Crippen LogP contribution in [0.1, 0.15) is 86.1 Å². The predicted octanol–water partition coefficient (Wildman–Crippen LogP) is 3.26. The van der Waals surface area contributed by atoms with E-state index < -0.39 is 78.2 Å². The molecule has 0 aliphatic heterocycles. The fraction of sp³-hybridized carbons (Fsp3) is 0.600. The minimum atomic E-state index is -1.38. The Kier molecular flexibility index (Phi) is 22.2. The second-order valence-corrected chi connectivity index (χ2v) is 14.7. The van der Waals surface area contributed by atoms with Gasteiger partial charge in [-0.05, 0) is 49.0 Å². The third-order valence-electron chi connectivity index (χ3n) is 8.59. The molecule has 7 N–H and O–H groups in total. The van der Waals surface area contributed by atoms with Crippen molar-refractivity contribution in [2.45, 2.75) is 117 Å². The second kappa shape index (κ2) is 25.3. The smallest absolute Gasteiger partial charge is 0.407 e. The standard InChI is InChI=1S/C40H64N6O8/c1-10-12-16-20-54-40(53)46-35(27(7)8)39(52)44-31(23-33(48)41-19-11-2)37(50)43-30(21-25(3)4)32(47)22-28(9)36(49)45-34(26(5)6)38(51)42-24-29-17-14-13-15-18-29/h10-11,13-15,17-18,25-28,30-32,34-35,47H,1-2,12,16,19-24H2,3-9H3,(H,41,48)(H,42,51)(H,43,50)(H,44,52)(H,45,49)(H,46,53)/t28-,30+,31+,32+,34+,35+/m1/s1. The van der Waals surface area contributed by atoms with Crippen LogP contribution in [0.15, 0.2) is 55.6 Å². The zero-order valence-corrected chi connectivity index (χ0v) is 33.1. The molecule has 0 heterocycles. The summed E-state index contributed by atoms with van der Waals surface area (Å²) in [6, 6.07) is 5.26. The lowest BCUT2D eigenvalue weighted by atomic mass is 9.91. The highest BCUT2D eigenvalue weighted by atomic mass is 16.5. The fourth-order valence-corrected chi connectivity index (χ4v) is 5.47. The van der Waals surface area contributed by atoms with Crippen molar-refractivity contribution in [3.05, 3.63) is 61.2 Å². The van der Waals surface area contributed by atoms with Crippen LogP contribution in [0.2, 0.25) is 0 Å². The zero-order valence-electron chi connectivity index (χ0n) is 33.1. The highest BCUT2D eigenvalue weighted by Gasteiger charge is 2.34. The topological polar surface area (TPSA) is 204 Å². The van der Waals surface area contributed by atoms with Crippen molar-refractivity contribution in [1.29, 1.82) is 0 Å². The summed E-state index contributed by atoms with van der Waals surface area (Å²) in [6.07, 6.45) is 2.21. The lowest BCUT2D eigenvalue weighted by Gasteiger charge is -2.30. The Labute approximate surface area is 321 Å². The fourth-order valence-electron chi connectivity index (χ4n) is 5.47. The SMILES string of the molecule is C=CCCCOC(=O)N[C@H](C(=O)N[C@@H](CC(=O)NCC=C)C(=O)N[C@@H](CC(C)C)[C@@H](O)C[C@@H](C)C(=O)N[C@H](C(=O)NCc1ccccc1)C(C)C)C(C)C. The molecule has 1 rings (SSSR count). The van der Waals surface area contributed by atoms with E-state index in [1.165, 1.54) is 6.08 Å². The van der Waals surface area contributed by atoms with Gasteiger partial charge >= 0.3 is 6.09 Å². The maximum Gasteiger partial charge on any atom is 0.407 e. The number of aliphatic hydroxyl groups excluding tert-OH is 1. The van der Waals surface area contributed by atoms with Crippen molar-refractivity contribution < 1.29 is 38.6 Å². The van der Waals surface area contributed by atoms with Crippen molar-refractivity contribution in [3.63, 3.8) is 0 Å². The van der Waals surface area contributed by atoms with Crippen molar-refractivity contribution in [3.8, 4) is 0 Å². The van der Waals surface area contributed by atoms with Gasteiger partial charge in [0.1, 0.15) is 18.1 Å². The first-order chi connectivity index (χ1) is 25.5. The molecule has 14 nitrogen and oxygen atoms in total. The normalized spacial score (nSPS) is 14.4. The number of rotatable bonds is 25. The molecule has 0 saturated heterocycles. The molecule has 0 unspecified atom stereocenters. The Hall–Kier alpha value is -4.72. The molecule has 302 valence electrons. The third kappa shape index (κ3) is 18.4. The van der Waals surface area contributed by atoms with Gasteiger partial charge in [0.05, 0.1) is 25.2 Å². The molecule has 0 radical (unpaired) electrons. The molecule has 54 heavy (non-hydrogen) atoms. The molecule has 6 amide bonds. The van der Waals surface area contributed by atoms with E-state index in [0.717, 1.165) is 5.56 Å². The number of benzene rings is 1. The maximum absolute atomic E-state index is 13.8. The van der Waals surface area contributed by atoms with Crippen molar-refractivity contribution in [1.82, 2.24) is 31.9 Å². The number of hydrogen-bond acceptors (Lipinski definition) is 8. The number of carbonyl (C=O) groups is 6. The van der Waals surface area contributed by atoms with Crippen LogP contribution in [0.3, 0.4) is 0 Å². The molecule has 0 aromatic heterocycles. The monoisotopic (exact) mass is 756 g/mol. The Morgan fingerprint density at radius 1 is 0.741 bits per heavy atom. The van der Waals surface area contributed by atoms with Gasteiger partial charge in [0.25, 0.3) is 0 Å². The van der Waals surface area contributed by atoms with Gasteiger partial charge in [-0.3, -0.25) is 24.0 Å². The van der Waals surface area contributed by atoms with Gasteiger partial charge in [0.15, 0.2) is 0 Å². The van der Waals surface area contributed by atoms with E-state index in [-0.39, 0.29) is 37.3 Å². The number of nitrogens with one attached hydrogen (secondary N) is 6. The van der Waals surface area contributed by atoms with E-state index in [0.29, 0.717) is 25.8 Å². The summed E-state index contributed by atoms with van der Waals surface area (Å²) >= 11 is 0. The van der Waals surface area contributed by atoms with Crippen LogP contribution in [-0.4, -0.2) is 84.2 Å². The van der Waals surface area contributed by atoms with E-state index in [1.807, 2.05) is 58.0 Å². The summed E-state index contributed by atoms with van der Waals surface area (Å²) in [5.41, 5.74) is 0.917. The molecule has 0 aliphatic carbocycles. The van der Waals surface area contributed by atoms with Crippen LogP contribution < -0.4 is 31.9 Å². The van der Waals surface area contributed by atoms with Gasteiger partial charge in [-0.15, -0.1) is 13.2 Å². The molecule has 1 aromatic rings. The summed E-state index contributed by atoms with van der Waals surface area (Å²) in [5.74, 6) is -4.11. The van der Waals surface area contributed by atoms with E-state index >= 15 is 0 Å². The van der Waals surface area contributed by atoms with Gasteiger partial charge in [-0.2, -0.15) is 0 Å². The van der Waals surface area contributed by atoms with Crippen molar-refractivity contribution in [2.75, 3.05) is 13.2 Å². The minimum Gasteiger partial charge on any atom is -0.450 e. The molecule has 0 spiro atoms. The van der Waals surface area contributed by atoms with E-state index in [4.69, 9.17) is 4.74 Å². The Morgan fingerprint density at radius 2 is 1.37 bits per heavy atom. The minimum absolute atomic E-state index is 0.00339. The molecule has 0 bridgehead atoms. The quantitative estimate of drug-likeness (QED) is 0.0582. The van der Waals surface area contributed by atoms with Crippen molar-refractivity contribution >= 4 is 35.6 Å². The van der Waals surface area contributed by atoms with E-state index in [2.05, 4.69) is 45.1 Å². The molecule has 0 aliphatic rings. The first kappa shape index (κ1) is 47.3. The molecular formula is C40H64N6O8. The van der Waals surface area contributed by atoms with Gasteiger partial charge in [0.2, 0.25) is 29.5 Å². The van der Waals surface area contributed by atoms with Crippen molar-refractivity contribution in [2.24, 2.45) is 23.7 Å². The maximum atomic E-state index is 13.8. The van der Waals surface area contributed by atoms with Gasteiger partial charge in [0, 0.05) is 19.0 Å². The molecule has 1 aromatic carbocycles. The number of hydrogen-bond donors (Lipinski definition) is 7. The van der Waals surface area contributed by atoms with Crippen LogP contribution >= 0.6 is 0 Å². The number of aliphatic hydroxyl groups is 1. The molecule has 6 atom stereocenters. The van der Waals surface area contributed by atoms with Crippen LogP contribution in [0.25, 0.3) is 0 Å². The van der Waals surface area contributed by atoms with E-state index in [1.54, 1.807) is 26.8 Å². The molecule has 0 saturated carbocycles. The first-order valence-electron chi connectivity index (χ1n) is 18.8. The van der Waals surface area contributed by atoms with Crippen LogP contribution in [0.5, 0.6) is 0 Å². The number of amides is 6. The predicted molar refractivity (Wildman–Crippen MR) is 209 cm³/mol. The summed E-state index contributed by atoms with van der Waals surface area (Å²) in [6.45, 7) is 20.3. The van der Waals surface area contributed by atoms with Crippen LogP contribution in [0, 0.1) is 23.7 Å². The number of alkyl carbamates (subject to hydrolysis) is 1. The molecule has 0 fully saturated rings. The number of carbonyl (C=O) groups excluding carboxylic acids is 6. The lowest BCUT2D eigenvalue weighted by Crippen LogP contribution is -2.58. The number of ether oxygens (including phenoxy) is 1. The Morgan fingerprint density at radius 3 is 1.94 bits per heavy atom. The summed E-state index contributed by atoms with van der Waals surface area (Å²) in [4.78, 5) is 78.8. The zero-order chi connectivity index (χ0) is 40.8. The summed E-state index contributed by atoms with van der Waals surface area (Å²) in [5, 5.41) is 27.6. The average Bonchev–Trinajstić information content (AvgIpc) is 3.11. The lowest BCUT2D eigenvalue weighted by molar-refractivity contribution is -0.134. The summed E-state index contributed by atoms with van der Waals surface area (Å²) < 4.78 is 5.17. The third-order valence-corrected chi connectivity index (χ3v) is 8.59. The summed E-state index contributed by atoms with van der Waals surface area (Å²) in [7, 11) is 0. The number of unbranched alkanes of at least 4 members (excludes halogenated alkanes) is 1. The Balaban J connectivity index is 3.10. The van der Waals surface area contributed by atoms with Gasteiger partial charge in [-0.1, -0.05) is 91.0 Å². The second-order valence-electron chi connectivity index (χ2n) is 14.7. The first-order valence-corrected chi connectivity index (χ1v) is 18.8. The largest absolute Gasteiger partial charge is 0.450 e. The van der Waals surface area contributed by atoms with Gasteiger partial charge in [-0.25, -0.2) is 4.79 Å². The van der Waals surface area contributed by atoms with Crippen LogP contribution in [0.4, 0.5) is 4.79 Å². The average molecular weight is 757 g/mol. The van der Waals surface area contributed by atoms with Gasteiger partial charge < -0.3 is 41.7 Å². The highest BCUT2D eigenvalue weighted by molar-refractivity contribution is 5.94. The number of allylic oxidation sites excluding steroid dienone is 1. The van der Waals surface area contributed by atoms with Crippen LogP contribution in [-0.2, 0) is 35.3 Å². The molecular weight excluding hydrogens is 692 g/mol. The molecule has 14 heteroatoms. The van der Waals surface area contributed by atoms with E-state index in [9.17, 15) is 33.9 Å².